The maximum absolute atomic E-state index is 11.8. The molecule has 0 saturated carbocycles. The number of ether oxygens (including phenoxy) is 1. The third-order valence-corrected chi connectivity index (χ3v) is 3.06. The number of hydrogen-bond acceptors (Lipinski definition) is 4. The number of carbonyl (C=O) groups excluding carboxylic acids is 1. The summed E-state index contributed by atoms with van der Waals surface area (Å²) < 4.78 is 11.4. The van der Waals surface area contributed by atoms with Crippen LogP contribution in [0.3, 0.4) is 0 Å². The Kier molecular flexibility index (Phi) is 5.16. The molecule has 0 spiro atoms. The summed E-state index contributed by atoms with van der Waals surface area (Å²) >= 11 is 3.18. The highest BCUT2D eigenvalue weighted by Gasteiger charge is 2.13. The van der Waals surface area contributed by atoms with Gasteiger partial charge in [-0.1, -0.05) is 12.1 Å². The lowest BCUT2D eigenvalue weighted by Gasteiger charge is -2.13. The lowest BCUT2D eigenvalue weighted by atomic mass is 10.2. The van der Waals surface area contributed by atoms with Crippen LogP contribution in [0, 0.1) is 6.92 Å². The number of aryl methyl sites for hydroxylation is 1. The Morgan fingerprint density at radius 1 is 1.43 bits per heavy atom. The van der Waals surface area contributed by atoms with Crippen molar-refractivity contribution >= 4 is 28.1 Å². The molecule has 2 rings (SSSR count). The van der Waals surface area contributed by atoms with Gasteiger partial charge in [0.15, 0.2) is 10.8 Å². The number of carbonyl (C=O) groups is 1. The van der Waals surface area contributed by atoms with Gasteiger partial charge >= 0.3 is 0 Å². The van der Waals surface area contributed by atoms with Gasteiger partial charge in [-0.2, -0.15) is 5.10 Å². The smallest absolute Gasteiger partial charge is 0.280 e. The highest BCUT2D eigenvalue weighted by molar-refractivity contribution is 9.10. The average Bonchev–Trinajstić information content (AvgIpc) is 2.84. The van der Waals surface area contributed by atoms with Gasteiger partial charge in [-0.3, -0.25) is 4.79 Å². The minimum atomic E-state index is -0.646. The van der Waals surface area contributed by atoms with Crippen molar-refractivity contribution in [2.75, 3.05) is 0 Å². The second-order valence-electron chi connectivity index (χ2n) is 4.45. The lowest BCUT2D eigenvalue weighted by Crippen LogP contribution is -2.33. The number of rotatable bonds is 5. The first kappa shape index (κ1) is 15.3. The van der Waals surface area contributed by atoms with Crippen molar-refractivity contribution in [1.29, 1.82) is 0 Å². The summed E-state index contributed by atoms with van der Waals surface area (Å²) in [7, 11) is 0. The monoisotopic (exact) mass is 350 g/mol. The number of benzene rings is 1. The average molecular weight is 351 g/mol. The maximum atomic E-state index is 11.8. The Morgan fingerprint density at radius 2 is 2.24 bits per heavy atom. The topological polar surface area (TPSA) is 63.8 Å². The van der Waals surface area contributed by atoms with Gasteiger partial charge < -0.3 is 9.15 Å². The van der Waals surface area contributed by atoms with Gasteiger partial charge in [0.2, 0.25) is 0 Å². The number of amides is 1. The molecule has 0 bridgehead atoms. The van der Waals surface area contributed by atoms with Crippen LogP contribution in [-0.2, 0) is 4.79 Å². The molecule has 6 heteroatoms. The maximum Gasteiger partial charge on any atom is 0.280 e. The summed E-state index contributed by atoms with van der Waals surface area (Å²) in [4.78, 5) is 11.8. The summed E-state index contributed by atoms with van der Waals surface area (Å²) in [6.45, 7) is 3.63. The lowest BCUT2D eigenvalue weighted by molar-refractivity contribution is -0.127. The molecule has 1 atom stereocenters. The van der Waals surface area contributed by atoms with Crippen LogP contribution in [0.4, 0.5) is 0 Å². The van der Waals surface area contributed by atoms with Crippen LogP contribution in [0.1, 0.15) is 18.2 Å². The molecule has 2 aromatic rings. The molecule has 0 fully saturated rings. The molecule has 21 heavy (non-hydrogen) atoms. The van der Waals surface area contributed by atoms with E-state index in [1.54, 1.807) is 25.1 Å². The minimum absolute atomic E-state index is 0.335. The van der Waals surface area contributed by atoms with Crippen molar-refractivity contribution in [3.63, 3.8) is 0 Å². The van der Waals surface area contributed by atoms with E-state index < -0.39 is 6.10 Å². The van der Waals surface area contributed by atoms with Crippen LogP contribution in [0.15, 0.2) is 50.6 Å². The summed E-state index contributed by atoms with van der Waals surface area (Å²) in [6.07, 6.45) is 0.773. The van der Waals surface area contributed by atoms with E-state index in [2.05, 4.69) is 26.5 Å². The molecule has 5 nitrogen and oxygen atoms in total. The zero-order valence-corrected chi connectivity index (χ0v) is 13.3. The standard InChI is InChI=1S/C15H15BrN2O3/c1-10-4-3-5-12(8-10)20-11(2)15(19)18-17-9-13-6-7-14(16)21-13/h3-9,11H,1-2H3,(H,18,19). The predicted octanol–water partition coefficient (Wildman–Crippen LogP) is 3.27. The van der Waals surface area contributed by atoms with Crippen molar-refractivity contribution in [1.82, 2.24) is 5.43 Å². The molecule has 0 radical (unpaired) electrons. The molecule has 1 unspecified atom stereocenters. The number of nitrogens with zero attached hydrogens (tertiary/aromatic N) is 1. The van der Waals surface area contributed by atoms with Gasteiger partial charge in [-0.15, -0.1) is 0 Å². The van der Waals surface area contributed by atoms with Crippen molar-refractivity contribution in [3.05, 3.63) is 52.4 Å². The number of halogens is 1. The zero-order valence-electron chi connectivity index (χ0n) is 11.7. The van der Waals surface area contributed by atoms with Gasteiger partial charge in [-0.05, 0) is 59.6 Å². The van der Waals surface area contributed by atoms with Gasteiger partial charge in [0, 0.05) is 0 Å². The second kappa shape index (κ2) is 7.08. The molecule has 1 heterocycles. The molecule has 0 aliphatic carbocycles. The van der Waals surface area contributed by atoms with E-state index in [-0.39, 0.29) is 5.91 Å². The van der Waals surface area contributed by atoms with E-state index in [0.29, 0.717) is 16.2 Å². The Labute approximate surface area is 131 Å². The van der Waals surface area contributed by atoms with Gasteiger partial charge in [-0.25, -0.2) is 5.43 Å². The van der Waals surface area contributed by atoms with Crippen LogP contribution < -0.4 is 10.2 Å². The number of hydrazone groups is 1. The SMILES string of the molecule is Cc1cccc(OC(C)C(=O)NN=Cc2ccc(Br)o2)c1. The van der Waals surface area contributed by atoms with Crippen molar-refractivity contribution in [2.24, 2.45) is 5.10 Å². The van der Waals surface area contributed by atoms with Gasteiger partial charge in [0.1, 0.15) is 11.5 Å². The normalized spacial score (nSPS) is 12.3. The van der Waals surface area contributed by atoms with E-state index in [1.165, 1.54) is 6.21 Å². The van der Waals surface area contributed by atoms with E-state index in [9.17, 15) is 4.79 Å². The Morgan fingerprint density at radius 3 is 2.90 bits per heavy atom. The van der Waals surface area contributed by atoms with Gasteiger partial charge in [0.05, 0.1) is 6.21 Å². The first-order chi connectivity index (χ1) is 10.0. The highest BCUT2D eigenvalue weighted by Crippen LogP contribution is 2.14. The quantitative estimate of drug-likeness (QED) is 0.664. The van der Waals surface area contributed by atoms with E-state index in [0.717, 1.165) is 5.56 Å². The molecule has 110 valence electrons. The van der Waals surface area contributed by atoms with E-state index in [4.69, 9.17) is 9.15 Å². The third kappa shape index (κ3) is 4.75. The van der Waals surface area contributed by atoms with E-state index >= 15 is 0 Å². The van der Waals surface area contributed by atoms with E-state index in [1.807, 2.05) is 25.1 Å². The first-order valence-electron chi connectivity index (χ1n) is 6.36. The molecular weight excluding hydrogens is 336 g/mol. The highest BCUT2D eigenvalue weighted by atomic mass is 79.9. The molecule has 0 saturated heterocycles. The molecule has 1 aromatic heterocycles. The van der Waals surface area contributed by atoms with Crippen LogP contribution in [0.5, 0.6) is 5.75 Å². The predicted molar refractivity (Wildman–Crippen MR) is 83.4 cm³/mol. The van der Waals surface area contributed by atoms with Crippen molar-refractivity contribution in [2.45, 2.75) is 20.0 Å². The van der Waals surface area contributed by atoms with Crippen LogP contribution in [-0.4, -0.2) is 18.2 Å². The molecule has 0 aliphatic heterocycles. The summed E-state index contributed by atoms with van der Waals surface area (Å²) in [5.41, 5.74) is 3.48. The fraction of sp³-hybridized carbons (Fsp3) is 0.200. The third-order valence-electron chi connectivity index (χ3n) is 2.63. The second-order valence-corrected chi connectivity index (χ2v) is 5.23. The molecule has 1 N–H and O–H groups in total. The summed E-state index contributed by atoms with van der Waals surface area (Å²) in [5.74, 6) is 0.851. The number of nitrogens with one attached hydrogen (secondary N) is 1. The number of furan rings is 1. The largest absolute Gasteiger partial charge is 0.481 e. The fourth-order valence-corrected chi connectivity index (χ4v) is 1.91. The van der Waals surface area contributed by atoms with Crippen LogP contribution in [0.2, 0.25) is 0 Å². The number of hydrogen-bond donors (Lipinski definition) is 1. The van der Waals surface area contributed by atoms with Crippen LogP contribution >= 0.6 is 15.9 Å². The Bertz CT molecular complexity index is 652. The zero-order chi connectivity index (χ0) is 15.2. The van der Waals surface area contributed by atoms with Crippen molar-refractivity contribution < 1.29 is 13.9 Å². The summed E-state index contributed by atoms with van der Waals surface area (Å²) in [6, 6.07) is 11.0. The van der Waals surface area contributed by atoms with Crippen LogP contribution in [0.25, 0.3) is 0 Å². The molecule has 1 amide bonds. The minimum Gasteiger partial charge on any atom is -0.481 e. The van der Waals surface area contributed by atoms with Crippen molar-refractivity contribution in [3.8, 4) is 5.75 Å². The van der Waals surface area contributed by atoms with Gasteiger partial charge in [0.25, 0.3) is 5.91 Å². The Hall–Kier alpha value is -2.08. The first-order valence-corrected chi connectivity index (χ1v) is 7.15. The molecule has 0 aliphatic rings. The molecular formula is C15H15BrN2O3. The summed E-state index contributed by atoms with van der Waals surface area (Å²) in [5, 5.41) is 3.82. The Balaban J connectivity index is 1.86. The molecule has 1 aromatic carbocycles. The fourth-order valence-electron chi connectivity index (χ4n) is 1.59.